The number of nitrogens with one attached hydrogen (secondary N) is 1. The average molecular weight is 197 g/mol. The van der Waals surface area contributed by atoms with Gasteiger partial charge >= 0.3 is 0 Å². The monoisotopic (exact) mass is 197 g/mol. The van der Waals surface area contributed by atoms with Gasteiger partial charge in [0.1, 0.15) is 0 Å². The summed E-state index contributed by atoms with van der Waals surface area (Å²) in [6.45, 7) is 6.51. The van der Waals surface area contributed by atoms with E-state index in [0.29, 0.717) is 0 Å². The van der Waals surface area contributed by atoms with Crippen LogP contribution in [-0.2, 0) is 0 Å². The highest BCUT2D eigenvalue weighted by Crippen LogP contribution is 2.17. The molecule has 2 saturated heterocycles. The van der Waals surface area contributed by atoms with Crippen molar-refractivity contribution in [1.82, 2.24) is 15.1 Å². The van der Waals surface area contributed by atoms with Crippen LogP contribution in [0.2, 0.25) is 0 Å². The van der Waals surface area contributed by atoms with E-state index >= 15 is 0 Å². The largest absolute Gasteiger partial charge is 0.316 e. The number of hydrogen-bond acceptors (Lipinski definition) is 3. The summed E-state index contributed by atoms with van der Waals surface area (Å²) < 4.78 is 0. The van der Waals surface area contributed by atoms with Gasteiger partial charge in [0.25, 0.3) is 0 Å². The Morgan fingerprint density at radius 3 is 2.71 bits per heavy atom. The second-order valence-corrected chi connectivity index (χ2v) is 4.97. The number of hydrogen-bond donors (Lipinski definition) is 1. The summed E-state index contributed by atoms with van der Waals surface area (Å²) in [7, 11) is 4.30. The molecule has 2 fully saturated rings. The van der Waals surface area contributed by atoms with Crippen LogP contribution in [0.4, 0.5) is 0 Å². The van der Waals surface area contributed by atoms with Crippen LogP contribution in [0.15, 0.2) is 0 Å². The predicted octanol–water partition coefficient (Wildman–Crippen LogP) is 0.232. The third-order valence-electron chi connectivity index (χ3n) is 3.57. The maximum atomic E-state index is 3.40. The molecule has 3 nitrogen and oxygen atoms in total. The average Bonchev–Trinajstić information content (AvgIpc) is 2.16. The molecule has 1 atom stereocenters. The van der Waals surface area contributed by atoms with Crippen molar-refractivity contribution in [3.63, 3.8) is 0 Å². The van der Waals surface area contributed by atoms with Crippen molar-refractivity contribution in [2.75, 3.05) is 46.8 Å². The SMILES string of the molecule is CNC1CCCN(CC2CN(C)C2)C1. The van der Waals surface area contributed by atoms with Gasteiger partial charge in [0.15, 0.2) is 0 Å². The topological polar surface area (TPSA) is 18.5 Å². The van der Waals surface area contributed by atoms with Crippen molar-refractivity contribution in [2.45, 2.75) is 18.9 Å². The molecule has 1 N–H and O–H groups in total. The molecule has 1 unspecified atom stereocenters. The molecule has 0 aliphatic carbocycles. The van der Waals surface area contributed by atoms with Crippen LogP contribution in [0.5, 0.6) is 0 Å². The molecule has 82 valence electrons. The Hall–Kier alpha value is -0.120. The van der Waals surface area contributed by atoms with E-state index < -0.39 is 0 Å². The molecule has 2 aliphatic rings. The van der Waals surface area contributed by atoms with Gasteiger partial charge in [-0.25, -0.2) is 0 Å². The van der Waals surface area contributed by atoms with Crippen molar-refractivity contribution in [3.05, 3.63) is 0 Å². The molecule has 2 rings (SSSR count). The summed E-state index contributed by atoms with van der Waals surface area (Å²) in [6, 6.07) is 0.738. The van der Waals surface area contributed by atoms with E-state index in [9.17, 15) is 0 Å². The highest BCUT2D eigenvalue weighted by atomic mass is 15.2. The van der Waals surface area contributed by atoms with E-state index in [1.165, 1.54) is 45.6 Å². The van der Waals surface area contributed by atoms with E-state index in [0.717, 1.165) is 12.0 Å². The normalized spacial score (nSPS) is 31.7. The van der Waals surface area contributed by atoms with Crippen LogP contribution in [0.1, 0.15) is 12.8 Å². The molecule has 0 bridgehead atoms. The Labute approximate surface area is 87.4 Å². The van der Waals surface area contributed by atoms with Gasteiger partial charge in [-0.2, -0.15) is 0 Å². The lowest BCUT2D eigenvalue weighted by Crippen LogP contribution is -2.52. The molecular weight excluding hydrogens is 174 g/mol. The minimum Gasteiger partial charge on any atom is -0.316 e. The molecule has 14 heavy (non-hydrogen) atoms. The zero-order chi connectivity index (χ0) is 9.97. The van der Waals surface area contributed by atoms with Crippen molar-refractivity contribution in [2.24, 2.45) is 5.92 Å². The van der Waals surface area contributed by atoms with Crippen LogP contribution < -0.4 is 5.32 Å². The second kappa shape index (κ2) is 4.60. The summed E-state index contributed by atoms with van der Waals surface area (Å²) >= 11 is 0. The third kappa shape index (κ3) is 2.47. The predicted molar refractivity (Wildman–Crippen MR) is 59.5 cm³/mol. The van der Waals surface area contributed by atoms with E-state index in [1.807, 2.05) is 0 Å². The number of rotatable bonds is 3. The molecule has 3 heteroatoms. The smallest absolute Gasteiger partial charge is 0.0192 e. The van der Waals surface area contributed by atoms with Gasteiger partial charge < -0.3 is 15.1 Å². The molecule has 0 spiro atoms. The Morgan fingerprint density at radius 1 is 1.29 bits per heavy atom. The molecule has 0 aromatic carbocycles. The number of piperidine rings is 1. The van der Waals surface area contributed by atoms with Crippen LogP contribution in [0.3, 0.4) is 0 Å². The van der Waals surface area contributed by atoms with Gasteiger partial charge in [-0.05, 0) is 39.4 Å². The molecule has 0 amide bonds. The first kappa shape index (κ1) is 10.4. The van der Waals surface area contributed by atoms with Gasteiger partial charge in [-0.3, -0.25) is 0 Å². The third-order valence-corrected chi connectivity index (χ3v) is 3.57. The molecule has 2 heterocycles. The molecule has 2 aliphatic heterocycles. The minimum absolute atomic E-state index is 0.738. The standard InChI is InChI=1S/C11H23N3/c1-12-11-4-3-5-14(9-11)8-10-6-13(2)7-10/h10-12H,3-9H2,1-2H3. The summed E-state index contributed by atoms with van der Waals surface area (Å²) in [6.07, 6.45) is 2.73. The Bertz CT molecular complexity index is 177. The molecule has 0 aromatic heterocycles. The van der Waals surface area contributed by atoms with Crippen molar-refractivity contribution >= 4 is 0 Å². The first-order valence-electron chi connectivity index (χ1n) is 5.86. The van der Waals surface area contributed by atoms with Gasteiger partial charge in [-0.1, -0.05) is 0 Å². The zero-order valence-electron chi connectivity index (χ0n) is 9.50. The van der Waals surface area contributed by atoms with Crippen molar-refractivity contribution < 1.29 is 0 Å². The number of nitrogens with zero attached hydrogens (tertiary/aromatic N) is 2. The quantitative estimate of drug-likeness (QED) is 0.699. The second-order valence-electron chi connectivity index (χ2n) is 4.97. The molecule has 0 saturated carbocycles. The fraction of sp³-hybridized carbons (Fsp3) is 1.00. The maximum absolute atomic E-state index is 3.40. The molecule has 0 radical (unpaired) electrons. The lowest BCUT2D eigenvalue weighted by Gasteiger charge is -2.41. The Kier molecular flexibility index (Phi) is 3.42. The van der Waals surface area contributed by atoms with Crippen molar-refractivity contribution in [3.8, 4) is 0 Å². The summed E-state index contributed by atoms with van der Waals surface area (Å²) in [5.41, 5.74) is 0. The highest BCUT2D eigenvalue weighted by molar-refractivity contribution is 4.83. The first-order valence-corrected chi connectivity index (χ1v) is 5.86. The minimum atomic E-state index is 0.738. The first-order chi connectivity index (χ1) is 6.78. The van der Waals surface area contributed by atoms with E-state index in [4.69, 9.17) is 0 Å². The number of likely N-dealkylation sites (N-methyl/N-ethyl adjacent to an activating group) is 1. The lowest BCUT2D eigenvalue weighted by atomic mass is 9.98. The van der Waals surface area contributed by atoms with E-state index in [2.05, 4.69) is 29.2 Å². The van der Waals surface area contributed by atoms with Crippen LogP contribution in [0.25, 0.3) is 0 Å². The highest BCUT2D eigenvalue weighted by Gasteiger charge is 2.27. The maximum Gasteiger partial charge on any atom is 0.0192 e. The Morgan fingerprint density at radius 2 is 2.07 bits per heavy atom. The fourth-order valence-corrected chi connectivity index (χ4v) is 2.77. The van der Waals surface area contributed by atoms with Crippen LogP contribution >= 0.6 is 0 Å². The van der Waals surface area contributed by atoms with E-state index in [1.54, 1.807) is 0 Å². The number of likely N-dealkylation sites (tertiary alicyclic amines) is 2. The van der Waals surface area contributed by atoms with Gasteiger partial charge in [-0.15, -0.1) is 0 Å². The van der Waals surface area contributed by atoms with Gasteiger partial charge in [0.05, 0.1) is 0 Å². The molecule has 0 aromatic rings. The molecular formula is C11H23N3. The summed E-state index contributed by atoms with van der Waals surface area (Å²) in [5.74, 6) is 0.940. The van der Waals surface area contributed by atoms with Gasteiger partial charge in [0, 0.05) is 32.2 Å². The van der Waals surface area contributed by atoms with Crippen LogP contribution in [0, 0.1) is 5.92 Å². The van der Waals surface area contributed by atoms with Crippen molar-refractivity contribution in [1.29, 1.82) is 0 Å². The van der Waals surface area contributed by atoms with Gasteiger partial charge in [0.2, 0.25) is 0 Å². The fourth-order valence-electron chi connectivity index (χ4n) is 2.77. The Balaban J connectivity index is 1.69. The van der Waals surface area contributed by atoms with Crippen LogP contribution in [-0.4, -0.2) is 62.7 Å². The zero-order valence-corrected chi connectivity index (χ0v) is 9.50. The summed E-state index contributed by atoms with van der Waals surface area (Å²) in [5, 5.41) is 3.40. The van der Waals surface area contributed by atoms with E-state index in [-0.39, 0.29) is 0 Å². The summed E-state index contributed by atoms with van der Waals surface area (Å²) in [4.78, 5) is 5.05. The lowest BCUT2D eigenvalue weighted by molar-refractivity contribution is 0.0763.